The van der Waals surface area contributed by atoms with Crippen LogP contribution in [0.15, 0.2) is 134 Å². The molecule has 224 valence electrons. The molecule has 9 rings (SSSR count). The van der Waals surface area contributed by atoms with Gasteiger partial charge in [-0.3, -0.25) is 4.57 Å². The van der Waals surface area contributed by atoms with Gasteiger partial charge in [-0.15, -0.1) is 5.10 Å². The molecule has 4 aromatic heterocycles. The van der Waals surface area contributed by atoms with E-state index in [-0.39, 0.29) is 0 Å². The first-order valence-electron chi connectivity index (χ1n) is 15.2. The number of aromatic nitrogens is 9. The van der Waals surface area contributed by atoms with Crippen LogP contribution < -0.4 is 0 Å². The maximum Gasteiger partial charge on any atom is 0.256 e. The van der Waals surface area contributed by atoms with Gasteiger partial charge in [0.2, 0.25) is 5.95 Å². The SMILES string of the molecule is N#Cc1ccc2c(c1)c1cc(-c3ncnc4nc(-c5ccccc5)nn34)ccc1n2-c1nc(-c2ccccc2)nc(-c2ccccc2)n1. The van der Waals surface area contributed by atoms with Gasteiger partial charge in [0, 0.05) is 33.0 Å². The van der Waals surface area contributed by atoms with E-state index in [1.54, 1.807) is 4.52 Å². The molecular weight excluding hydrogens is 596 g/mol. The zero-order valence-corrected chi connectivity index (χ0v) is 25.2. The molecule has 10 heteroatoms. The van der Waals surface area contributed by atoms with Crippen LogP contribution in [0, 0.1) is 11.3 Å². The van der Waals surface area contributed by atoms with Crippen molar-refractivity contribution in [2.24, 2.45) is 0 Å². The smallest absolute Gasteiger partial charge is 0.256 e. The van der Waals surface area contributed by atoms with Gasteiger partial charge in [-0.1, -0.05) is 91.0 Å². The predicted molar refractivity (Wildman–Crippen MR) is 183 cm³/mol. The summed E-state index contributed by atoms with van der Waals surface area (Å²) >= 11 is 0. The molecule has 0 fully saturated rings. The average Bonchev–Trinajstić information content (AvgIpc) is 3.75. The standard InChI is InChI=1S/C38H22N10/c39-22-24-16-18-31-29(20-24)30-21-28(36-40-23-41-37-45-35(46-48(36)37)27-14-8-3-9-15-27)17-19-32(30)47(31)38-43-33(25-10-4-1-5-11-25)42-34(44-38)26-12-6-2-7-13-26/h1-21,23H. The molecule has 0 aliphatic carbocycles. The second-order valence-corrected chi connectivity index (χ2v) is 11.1. The first kappa shape index (κ1) is 27.2. The molecule has 0 bridgehead atoms. The third-order valence-corrected chi connectivity index (χ3v) is 8.22. The molecule has 0 aliphatic heterocycles. The topological polar surface area (TPSA) is 123 Å². The Balaban J connectivity index is 1.28. The van der Waals surface area contributed by atoms with E-state index in [9.17, 15) is 5.26 Å². The van der Waals surface area contributed by atoms with Gasteiger partial charge in [0.25, 0.3) is 5.78 Å². The third kappa shape index (κ3) is 4.54. The number of rotatable bonds is 5. The Morgan fingerprint density at radius 1 is 0.521 bits per heavy atom. The molecule has 0 amide bonds. The largest absolute Gasteiger partial charge is 0.278 e. The van der Waals surface area contributed by atoms with E-state index < -0.39 is 0 Å². The van der Waals surface area contributed by atoms with E-state index in [2.05, 4.69) is 27.1 Å². The summed E-state index contributed by atoms with van der Waals surface area (Å²) in [5.41, 5.74) is 5.72. The van der Waals surface area contributed by atoms with Crippen LogP contribution in [-0.4, -0.2) is 44.1 Å². The number of nitrogens with zero attached hydrogens (tertiary/aromatic N) is 10. The molecule has 0 saturated heterocycles. The van der Waals surface area contributed by atoms with Crippen molar-refractivity contribution in [3.63, 3.8) is 0 Å². The van der Waals surface area contributed by atoms with Crippen molar-refractivity contribution < 1.29 is 0 Å². The zero-order chi connectivity index (χ0) is 32.0. The molecule has 0 aliphatic rings. The second-order valence-electron chi connectivity index (χ2n) is 11.1. The summed E-state index contributed by atoms with van der Waals surface area (Å²) in [7, 11) is 0. The van der Waals surface area contributed by atoms with Crippen molar-refractivity contribution >= 4 is 27.6 Å². The molecule has 0 radical (unpaired) electrons. The van der Waals surface area contributed by atoms with Crippen molar-refractivity contribution in [3.8, 4) is 57.6 Å². The summed E-state index contributed by atoms with van der Waals surface area (Å²) in [5, 5.41) is 16.4. The first-order chi connectivity index (χ1) is 23.7. The first-order valence-corrected chi connectivity index (χ1v) is 15.2. The van der Waals surface area contributed by atoms with E-state index in [4.69, 9.17) is 20.1 Å². The molecule has 0 unspecified atom stereocenters. The molecule has 10 nitrogen and oxygen atoms in total. The molecule has 0 spiro atoms. The highest BCUT2D eigenvalue weighted by atomic mass is 15.4. The Kier molecular flexibility index (Phi) is 6.26. The van der Waals surface area contributed by atoms with Crippen LogP contribution in [0.3, 0.4) is 0 Å². The van der Waals surface area contributed by atoms with Crippen LogP contribution in [-0.2, 0) is 0 Å². The Morgan fingerprint density at radius 3 is 1.73 bits per heavy atom. The minimum atomic E-state index is 0.445. The minimum absolute atomic E-state index is 0.445. The molecular formula is C38H22N10. The minimum Gasteiger partial charge on any atom is -0.278 e. The molecule has 0 N–H and O–H groups in total. The normalized spacial score (nSPS) is 11.3. The lowest BCUT2D eigenvalue weighted by Crippen LogP contribution is -2.06. The fourth-order valence-electron chi connectivity index (χ4n) is 5.97. The molecule has 0 saturated carbocycles. The quantitative estimate of drug-likeness (QED) is 0.196. The lowest BCUT2D eigenvalue weighted by Gasteiger charge is -2.11. The van der Waals surface area contributed by atoms with Crippen molar-refractivity contribution in [1.82, 2.24) is 44.1 Å². The Bertz CT molecular complexity index is 2620. The van der Waals surface area contributed by atoms with E-state index in [1.165, 1.54) is 6.33 Å². The predicted octanol–water partition coefficient (Wildman–Crippen LogP) is 7.34. The van der Waals surface area contributed by atoms with Crippen LogP contribution in [0.1, 0.15) is 5.56 Å². The van der Waals surface area contributed by atoms with E-state index in [0.717, 1.165) is 44.1 Å². The molecule has 4 heterocycles. The summed E-state index contributed by atoms with van der Waals surface area (Å²) in [4.78, 5) is 28.5. The van der Waals surface area contributed by atoms with Gasteiger partial charge in [-0.25, -0.2) is 9.97 Å². The Labute approximate surface area is 273 Å². The van der Waals surface area contributed by atoms with Crippen molar-refractivity contribution in [2.75, 3.05) is 0 Å². The number of benzene rings is 5. The summed E-state index contributed by atoms with van der Waals surface area (Å²) in [5.74, 6) is 3.18. The molecule has 5 aromatic carbocycles. The highest BCUT2D eigenvalue weighted by Crippen LogP contribution is 2.35. The summed E-state index contributed by atoms with van der Waals surface area (Å²) in [6.07, 6.45) is 1.50. The van der Waals surface area contributed by atoms with Crippen LogP contribution in [0.2, 0.25) is 0 Å². The highest BCUT2D eigenvalue weighted by Gasteiger charge is 2.20. The van der Waals surface area contributed by atoms with Crippen LogP contribution in [0.25, 0.3) is 79.1 Å². The summed E-state index contributed by atoms with van der Waals surface area (Å²) in [6, 6.07) is 43.5. The molecule has 48 heavy (non-hydrogen) atoms. The fraction of sp³-hybridized carbons (Fsp3) is 0. The van der Waals surface area contributed by atoms with Crippen LogP contribution >= 0.6 is 0 Å². The van der Waals surface area contributed by atoms with Gasteiger partial charge in [0.1, 0.15) is 6.33 Å². The van der Waals surface area contributed by atoms with Crippen molar-refractivity contribution in [3.05, 3.63) is 139 Å². The van der Waals surface area contributed by atoms with E-state index in [0.29, 0.717) is 40.6 Å². The molecule has 9 aromatic rings. The Morgan fingerprint density at radius 2 is 1.10 bits per heavy atom. The number of hydrogen-bond donors (Lipinski definition) is 0. The lowest BCUT2D eigenvalue weighted by molar-refractivity contribution is 0.905. The van der Waals surface area contributed by atoms with Gasteiger partial charge in [0.15, 0.2) is 23.3 Å². The summed E-state index contributed by atoms with van der Waals surface area (Å²) < 4.78 is 3.68. The lowest BCUT2D eigenvalue weighted by atomic mass is 10.1. The summed E-state index contributed by atoms with van der Waals surface area (Å²) in [6.45, 7) is 0. The van der Waals surface area contributed by atoms with Crippen molar-refractivity contribution in [1.29, 1.82) is 5.26 Å². The average molecular weight is 619 g/mol. The van der Waals surface area contributed by atoms with Crippen molar-refractivity contribution in [2.45, 2.75) is 0 Å². The zero-order valence-electron chi connectivity index (χ0n) is 25.2. The highest BCUT2D eigenvalue weighted by molar-refractivity contribution is 6.10. The number of fused-ring (bicyclic) bond motifs is 4. The van der Waals surface area contributed by atoms with E-state index in [1.807, 2.05) is 126 Å². The van der Waals surface area contributed by atoms with Gasteiger partial charge < -0.3 is 0 Å². The van der Waals surface area contributed by atoms with Gasteiger partial charge in [0.05, 0.1) is 22.7 Å². The monoisotopic (exact) mass is 618 g/mol. The maximum absolute atomic E-state index is 9.84. The van der Waals surface area contributed by atoms with Gasteiger partial charge >= 0.3 is 0 Å². The maximum atomic E-state index is 9.84. The number of nitriles is 1. The fourth-order valence-corrected chi connectivity index (χ4v) is 5.97. The second kappa shape index (κ2) is 11.0. The Hall–Kier alpha value is -7.12. The van der Waals surface area contributed by atoms with Gasteiger partial charge in [-0.05, 0) is 36.4 Å². The van der Waals surface area contributed by atoms with Gasteiger partial charge in [-0.2, -0.15) is 29.7 Å². The third-order valence-electron chi connectivity index (χ3n) is 8.22. The van der Waals surface area contributed by atoms with Crippen LogP contribution in [0.4, 0.5) is 0 Å². The van der Waals surface area contributed by atoms with Crippen LogP contribution in [0.5, 0.6) is 0 Å². The van der Waals surface area contributed by atoms with E-state index >= 15 is 0 Å². The molecule has 0 atom stereocenters. The number of hydrogen-bond acceptors (Lipinski definition) is 8.